The maximum absolute atomic E-state index is 13.8. The van der Waals surface area contributed by atoms with E-state index in [1.54, 1.807) is 18.2 Å². The predicted octanol–water partition coefficient (Wildman–Crippen LogP) is 4.94. The van der Waals surface area contributed by atoms with E-state index in [0.29, 0.717) is 12.2 Å². The summed E-state index contributed by atoms with van der Waals surface area (Å²) in [6.45, 7) is 6.82. The van der Waals surface area contributed by atoms with E-state index in [-0.39, 0.29) is 5.02 Å². The molecule has 2 nitrogen and oxygen atoms in total. The SMILES string of the molecule is CCN(CC)c1ccc(CNc2cccc(Cl)c2F)cc1. The van der Waals surface area contributed by atoms with Crippen LogP contribution in [0.5, 0.6) is 0 Å². The van der Waals surface area contributed by atoms with Gasteiger partial charge in [-0.3, -0.25) is 0 Å². The number of halogens is 2. The van der Waals surface area contributed by atoms with Gasteiger partial charge < -0.3 is 10.2 Å². The Morgan fingerprint density at radius 3 is 2.33 bits per heavy atom. The molecule has 112 valence electrons. The van der Waals surface area contributed by atoms with E-state index >= 15 is 0 Å². The molecule has 2 aromatic carbocycles. The molecular weight excluding hydrogens is 287 g/mol. The number of hydrogen-bond donors (Lipinski definition) is 1. The molecule has 0 spiro atoms. The summed E-state index contributed by atoms with van der Waals surface area (Å²) in [7, 11) is 0. The third-order valence-electron chi connectivity index (χ3n) is 3.50. The monoisotopic (exact) mass is 306 g/mol. The zero-order valence-corrected chi connectivity index (χ0v) is 13.1. The molecule has 1 N–H and O–H groups in total. The smallest absolute Gasteiger partial charge is 0.164 e. The summed E-state index contributed by atoms with van der Waals surface area (Å²) >= 11 is 5.76. The molecule has 0 aromatic heterocycles. The second kappa shape index (κ2) is 7.32. The first-order chi connectivity index (χ1) is 10.2. The Morgan fingerprint density at radius 1 is 1.05 bits per heavy atom. The zero-order chi connectivity index (χ0) is 15.2. The van der Waals surface area contributed by atoms with Crippen molar-refractivity contribution in [3.63, 3.8) is 0 Å². The van der Waals surface area contributed by atoms with Crippen LogP contribution < -0.4 is 10.2 Å². The van der Waals surface area contributed by atoms with E-state index in [0.717, 1.165) is 18.7 Å². The Balaban J connectivity index is 2.02. The van der Waals surface area contributed by atoms with Crippen molar-refractivity contribution in [1.82, 2.24) is 0 Å². The molecule has 0 unspecified atom stereocenters. The molecule has 0 amide bonds. The summed E-state index contributed by atoms with van der Waals surface area (Å²) < 4.78 is 13.8. The van der Waals surface area contributed by atoms with Gasteiger partial charge in [-0.1, -0.05) is 29.8 Å². The van der Waals surface area contributed by atoms with Crippen molar-refractivity contribution in [3.05, 3.63) is 58.9 Å². The minimum absolute atomic E-state index is 0.136. The van der Waals surface area contributed by atoms with E-state index in [1.807, 2.05) is 0 Å². The Morgan fingerprint density at radius 2 is 1.71 bits per heavy atom. The highest BCUT2D eigenvalue weighted by Gasteiger charge is 2.06. The molecule has 0 aliphatic heterocycles. The van der Waals surface area contributed by atoms with Crippen LogP contribution in [0.15, 0.2) is 42.5 Å². The summed E-state index contributed by atoms with van der Waals surface area (Å²) in [5, 5.41) is 3.21. The molecule has 0 atom stereocenters. The van der Waals surface area contributed by atoms with Crippen LogP contribution in [-0.2, 0) is 6.54 Å². The highest BCUT2D eigenvalue weighted by molar-refractivity contribution is 6.31. The number of nitrogens with zero attached hydrogens (tertiary/aromatic N) is 1. The number of rotatable bonds is 6. The van der Waals surface area contributed by atoms with Crippen molar-refractivity contribution in [3.8, 4) is 0 Å². The topological polar surface area (TPSA) is 15.3 Å². The average molecular weight is 307 g/mol. The molecule has 0 saturated heterocycles. The lowest BCUT2D eigenvalue weighted by Crippen LogP contribution is -2.21. The van der Waals surface area contributed by atoms with Crippen LogP contribution in [0.1, 0.15) is 19.4 Å². The molecule has 4 heteroatoms. The van der Waals surface area contributed by atoms with Crippen LogP contribution in [-0.4, -0.2) is 13.1 Å². The van der Waals surface area contributed by atoms with Gasteiger partial charge in [0.1, 0.15) is 0 Å². The molecule has 2 aromatic rings. The second-order valence-electron chi connectivity index (χ2n) is 4.79. The van der Waals surface area contributed by atoms with E-state index in [4.69, 9.17) is 11.6 Å². The molecule has 0 bridgehead atoms. The Kier molecular flexibility index (Phi) is 5.45. The highest BCUT2D eigenvalue weighted by atomic mass is 35.5. The van der Waals surface area contributed by atoms with Crippen molar-refractivity contribution >= 4 is 23.0 Å². The standard InChI is InChI=1S/C17H20ClFN2/c1-3-21(4-2)14-10-8-13(9-11-14)12-20-16-7-5-6-15(18)17(16)19/h5-11,20H,3-4,12H2,1-2H3. The molecule has 0 radical (unpaired) electrons. The third kappa shape index (κ3) is 3.88. The molecule has 2 rings (SSSR count). The van der Waals surface area contributed by atoms with Gasteiger partial charge in [0.15, 0.2) is 5.82 Å². The first kappa shape index (κ1) is 15.6. The Labute approximate surface area is 130 Å². The fraction of sp³-hybridized carbons (Fsp3) is 0.294. The summed E-state index contributed by atoms with van der Waals surface area (Å²) in [4.78, 5) is 2.29. The van der Waals surface area contributed by atoms with Gasteiger partial charge in [-0.05, 0) is 43.7 Å². The number of anilines is 2. The Bertz CT molecular complexity index is 580. The quantitative estimate of drug-likeness (QED) is 0.813. The van der Waals surface area contributed by atoms with Crippen LogP contribution >= 0.6 is 11.6 Å². The zero-order valence-electron chi connectivity index (χ0n) is 12.4. The van der Waals surface area contributed by atoms with Gasteiger partial charge in [0, 0.05) is 25.3 Å². The van der Waals surface area contributed by atoms with Crippen molar-refractivity contribution in [1.29, 1.82) is 0 Å². The fourth-order valence-corrected chi connectivity index (χ4v) is 2.43. The van der Waals surface area contributed by atoms with Gasteiger partial charge in [0.05, 0.1) is 10.7 Å². The minimum atomic E-state index is -0.404. The molecule has 0 aliphatic rings. The van der Waals surface area contributed by atoms with Crippen LogP contribution in [0.4, 0.5) is 15.8 Å². The lowest BCUT2D eigenvalue weighted by molar-refractivity contribution is 0.630. The van der Waals surface area contributed by atoms with Gasteiger partial charge in [-0.2, -0.15) is 0 Å². The first-order valence-electron chi connectivity index (χ1n) is 7.17. The molecule has 0 fully saturated rings. The summed E-state index contributed by atoms with van der Waals surface area (Å²) in [6.07, 6.45) is 0. The van der Waals surface area contributed by atoms with Crippen LogP contribution in [0, 0.1) is 5.82 Å². The second-order valence-corrected chi connectivity index (χ2v) is 5.20. The number of nitrogens with one attached hydrogen (secondary N) is 1. The van der Waals surface area contributed by atoms with Crippen LogP contribution in [0.3, 0.4) is 0 Å². The molecular formula is C17H20ClFN2. The number of benzene rings is 2. The van der Waals surface area contributed by atoms with Crippen molar-refractivity contribution in [2.24, 2.45) is 0 Å². The van der Waals surface area contributed by atoms with E-state index in [1.165, 1.54) is 5.69 Å². The fourth-order valence-electron chi connectivity index (χ4n) is 2.25. The predicted molar refractivity (Wildman–Crippen MR) is 88.7 cm³/mol. The maximum atomic E-state index is 13.8. The summed E-state index contributed by atoms with van der Waals surface area (Å²) in [5.74, 6) is -0.404. The molecule has 0 aliphatic carbocycles. The maximum Gasteiger partial charge on any atom is 0.164 e. The van der Waals surface area contributed by atoms with Crippen molar-refractivity contribution in [2.45, 2.75) is 20.4 Å². The number of hydrogen-bond acceptors (Lipinski definition) is 2. The highest BCUT2D eigenvalue weighted by Crippen LogP contribution is 2.23. The van der Waals surface area contributed by atoms with Crippen LogP contribution in [0.25, 0.3) is 0 Å². The normalized spacial score (nSPS) is 10.5. The van der Waals surface area contributed by atoms with Crippen molar-refractivity contribution in [2.75, 3.05) is 23.3 Å². The average Bonchev–Trinajstić information content (AvgIpc) is 2.51. The van der Waals surface area contributed by atoms with Gasteiger partial charge in [-0.25, -0.2) is 4.39 Å². The first-order valence-corrected chi connectivity index (χ1v) is 7.55. The lowest BCUT2D eigenvalue weighted by atomic mass is 10.2. The molecule has 0 heterocycles. The Hall–Kier alpha value is -1.74. The van der Waals surface area contributed by atoms with Crippen molar-refractivity contribution < 1.29 is 4.39 Å². The largest absolute Gasteiger partial charge is 0.379 e. The minimum Gasteiger partial charge on any atom is -0.379 e. The lowest BCUT2D eigenvalue weighted by Gasteiger charge is -2.21. The third-order valence-corrected chi connectivity index (χ3v) is 3.79. The van der Waals surface area contributed by atoms with Crippen LogP contribution in [0.2, 0.25) is 5.02 Å². The summed E-state index contributed by atoms with van der Waals surface area (Å²) in [6, 6.07) is 13.3. The van der Waals surface area contributed by atoms with E-state index < -0.39 is 5.82 Å². The van der Waals surface area contributed by atoms with E-state index in [9.17, 15) is 4.39 Å². The molecule has 0 saturated carbocycles. The van der Waals surface area contributed by atoms with E-state index in [2.05, 4.69) is 48.3 Å². The molecule has 21 heavy (non-hydrogen) atoms. The van der Waals surface area contributed by atoms with Gasteiger partial charge in [0.2, 0.25) is 0 Å². The van der Waals surface area contributed by atoms with Gasteiger partial charge in [0.25, 0.3) is 0 Å². The van der Waals surface area contributed by atoms with Gasteiger partial charge >= 0.3 is 0 Å². The summed E-state index contributed by atoms with van der Waals surface area (Å²) in [5.41, 5.74) is 2.73. The van der Waals surface area contributed by atoms with Gasteiger partial charge in [-0.15, -0.1) is 0 Å².